The Balaban J connectivity index is 2.26. The molecule has 2 aromatic heterocycles. The second-order valence-corrected chi connectivity index (χ2v) is 3.07. The Labute approximate surface area is 81.4 Å². The van der Waals surface area contributed by atoms with E-state index in [1.165, 1.54) is 0 Å². The van der Waals surface area contributed by atoms with Crippen molar-refractivity contribution in [1.29, 1.82) is 0 Å². The number of nitrogens with zero attached hydrogens (tertiary/aromatic N) is 2. The summed E-state index contributed by atoms with van der Waals surface area (Å²) in [7, 11) is 0. The van der Waals surface area contributed by atoms with E-state index in [-0.39, 0.29) is 5.69 Å². The van der Waals surface area contributed by atoms with Crippen LogP contribution in [-0.4, -0.2) is 9.13 Å². The Bertz CT molecular complexity index is 451. The normalized spacial score (nSPS) is 10.6. The lowest BCUT2D eigenvalue weighted by atomic mass is 10.4. The van der Waals surface area contributed by atoms with Gasteiger partial charge in [0.25, 0.3) is 0 Å². The lowest BCUT2D eigenvalue weighted by Gasteiger charge is -1.97. The molecule has 4 nitrogen and oxygen atoms in total. The summed E-state index contributed by atoms with van der Waals surface area (Å²) in [5, 5.41) is 0. The predicted octanol–water partition coefficient (Wildman–Crippen LogP) is 1.31. The van der Waals surface area contributed by atoms with Gasteiger partial charge >= 0.3 is 5.69 Å². The molecule has 14 heavy (non-hydrogen) atoms. The Morgan fingerprint density at radius 2 is 2.14 bits per heavy atom. The molecule has 0 saturated carbocycles. The second kappa shape index (κ2) is 3.57. The third-order valence-electron chi connectivity index (χ3n) is 2.16. The highest BCUT2D eigenvalue weighted by molar-refractivity contribution is 4.99. The first-order valence-electron chi connectivity index (χ1n) is 4.59. The first-order valence-corrected chi connectivity index (χ1v) is 4.59. The third-order valence-corrected chi connectivity index (χ3v) is 2.16. The number of rotatable bonds is 3. The zero-order valence-electron chi connectivity index (χ0n) is 8.01. The number of hydrogen-bond donors (Lipinski definition) is 0. The molecule has 4 heteroatoms. The number of hydrogen-bond acceptors (Lipinski definition) is 2. The predicted molar refractivity (Wildman–Crippen MR) is 52.2 cm³/mol. The topological polar surface area (TPSA) is 40.1 Å². The maximum absolute atomic E-state index is 11.6. The fourth-order valence-electron chi connectivity index (χ4n) is 1.38. The SMILES string of the molecule is CCn1ccn(Cc2ccco2)c1=O. The Morgan fingerprint density at radius 3 is 2.71 bits per heavy atom. The minimum absolute atomic E-state index is 0.00361. The summed E-state index contributed by atoms with van der Waals surface area (Å²) < 4.78 is 8.45. The van der Waals surface area contributed by atoms with Gasteiger partial charge in [-0.15, -0.1) is 0 Å². The quantitative estimate of drug-likeness (QED) is 0.735. The van der Waals surface area contributed by atoms with E-state index in [4.69, 9.17) is 4.42 Å². The summed E-state index contributed by atoms with van der Waals surface area (Å²) in [6.07, 6.45) is 5.16. The molecule has 2 heterocycles. The smallest absolute Gasteiger partial charge is 0.328 e. The molecule has 2 rings (SSSR count). The standard InChI is InChI=1S/C10H12N2O2/c1-2-11-5-6-12(10(11)13)8-9-4-3-7-14-9/h3-7H,2,8H2,1H3. The van der Waals surface area contributed by atoms with Gasteiger partial charge in [0.15, 0.2) is 0 Å². The van der Waals surface area contributed by atoms with Gasteiger partial charge in [0, 0.05) is 18.9 Å². The maximum atomic E-state index is 11.6. The van der Waals surface area contributed by atoms with E-state index < -0.39 is 0 Å². The van der Waals surface area contributed by atoms with Crippen LogP contribution < -0.4 is 5.69 Å². The van der Waals surface area contributed by atoms with E-state index in [2.05, 4.69) is 0 Å². The van der Waals surface area contributed by atoms with Crippen LogP contribution >= 0.6 is 0 Å². The molecular formula is C10H12N2O2. The van der Waals surface area contributed by atoms with Gasteiger partial charge in [-0.25, -0.2) is 4.79 Å². The summed E-state index contributed by atoms with van der Waals surface area (Å²) in [6, 6.07) is 3.67. The van der Waals surface area contributed by atoms with Crippen LogP contribution in [0.1, 0.15) is 12.7 Å². The van der Waals surface area contributed by atoms with Gasteiger partial charge in [0.2, 0.25) is 0 Å². The third kappa shape index (κ3) is 1.51. The van der Waals surface area contributed by atoms with Crippen molar-refractivity contribution in [2.24, 2.45) is 0 Å². The summed E-state index contributed by atoms with van der Waals surface area (Å²) in [5.41, 5.74) is 0.00361. The van der Waals surface area contributed by atoms with Crippen LogP contribution in [0.3, 0.4) is 0 Å². The van der Waals surface area contributed by atoms with Crippen molar-refractivity contribution in [3.63, 3.8) is 0 Å². The molecule has 0 amide bonds. The molecule has 0 aliphatic rings. The van der Waals surface area contributed by atoms with E-state index >= 15 is 0 Å². The van der Waals surface area contributed by atoms with Crippen LogP contribution in [0.4, 0.5) is 0 Å². The van der Waals surface area contributed by atoms with E-state index in [9.17, 15) is 4.79 Å². The first kappa shape index (κ1) is 8.87. The molecule has 0 radical (unpaired) electrons. The summed E-state index contributed by atoms with van der Waals surface area (Å²) in [4.78, 5) is 11.6. The second-order valence-electron chi connectivity index (χ2n) is 3.07. The maximum Gasteiger partial charge on any atom is 0.328 e. The highest BCUT2D eigenvalue weighted by Gasteiger charge is 2.03. The largest absolute Gasteiger partial charge is 0.467 e. The molecule has 2 aromatic rings. The number of aryl methyl sites for hydroxylation is 1. The van der Waals surface area contributed by atoms with Crippen molar-refractivity contribution in [2.75, 3.05) is 0 Å². The van der Waals surface area contributed by atoms with Crippen molar-refractivity contribution in [2.45, 2.75) is 20.0 Å². The lowest BCUT2D eigenvalue weighted by molar-refractivity contribution is 0.487. The van der Waals surface area contributed by atoms with Gasteiger partial charge in [-0.05, 0) is 19.1 Å². The number of furan rings is 1. The Morgan fingerprint density at radius 1 is 1.36 bits per heavy atom. The van der Waals surface area contributed by atoms with Crippen LogP contribution in [0.15, 0.2) is 40.0 Å². The molecule has 0 unspecified atom stereocenters. The summed E-state index contributed by atoms with van der Waals surface area (Å²) in [6.45, 7) is 3.14. The van der Waals surface area contributed by atoms with E-state index in [0.717, 1.165) is 5.76 Å². The van der Waals surface area contributed by atoms with Gasteiger partial charge in [-0.2, -0.15) is 0 Å². The van der Waals surface area contributed by atoms with E-state index in [1.54, 1.807) is 27.8 Å². The van der Waals surface area contributed by atoms with Crippen molar-refractivity contribution in [1.82, 2.24) is 9.13 Å². The molecule has 74 valence electrons. The zero-order chi connectivity index (χ0) is 9.97. The highest BCUT2D eigenvalue weighted by atomic mass is 16.3. The average molecular weight is 192 g/mol. The van der Waals surface area contributed by atoms with Crippen LogP contribution in [0.25, 0.3) is 0 Å². The molecule has 0 saturated heterocycles. The molecule has 0 aromatic carbocycles. The van der Waals surface area contributed by atoms with Crippen molar-refractivity contribution in [3.05, 3.63) is 47.0 Å². The monoisotopic (exact) mass is 192 g/mol. The van der Waals surface area contributed by atoms with Crippen molar-refractivity contribution >= 4 is 0 Å². The molecule has 0 aliphatic heterocycles. The summed E-state index contributed by atoms with van der Waals surface area (Å²) >= 11 is 0. The fraction of sp³-hybridized carbons (Fsp3) is 0.300. The minimum Gasteiger partial charge on any atom is -0.467 e. The average Bonchev–Trinajstić information content (AvgIpc) is 2.79. The molecule has 0 fully saturated rings. The molecule has 0 spiro atoms. The number of aromatic nitrogens is 2. The minimum atomic E-state index is 0.00361. The van der Waals surface area contributed by atoms with Gasteiger partial charge in [0.05, 0.1) is 12.8 Å². The van der Waals surface area contributed by atoms with Crippen LogP contribution in [0.5, 0.6) is 0 Å². The molecule has 0 aliphatic carbocycles. The van der Waals surface area contributed by atoms with E-state index in [1.807, 2.05) is 19.1 Å². The van der Waals surface area contributed by atoms with Gasteiger partial charge in [-0.1, -0.05) is 0 Å². The van der Waals surface area contributed by atoms with Crippen molar-refractivity contribution < 1.29 is 4.42 Å². The fourth-order valence-corrected chi connectivity index (χ4v) is 1.38. The Kier molecular flexibility index (Phi) is 2.26. The molecule has 0 bridgehead atoms. The first-order chi connectivity index (χ1) is 6.81. The highest BCUT2D eigenvalue weighted by Crippen LogP contribution is 2.01. The van der Waals surface area contributed by atoms with Gasteiger partial charge in [0.1, 0.15) is 5.76 Å². The molecule has 0 atom stereocenters. The zero-order valence-corrected chi connectivity index (χ0v) is 8.01. The Hall–Kier alpha value is -1.71. The molecule has 0 N–H and O–H groups in total. The summed E-state index contributed by atoms with van der Waals surface area (Å²) in [5.74, 6) is 0.793. The lowest BCUT2D eigenvalue weighted by Crippen LogP contribution is -2.23. The van der Waals surface area contributed by atoms with Gasteiger partial charge in [-0.3, -0.25) is 9.13 Å². The van der Waals surface area contributed by atoms with Crippen LogP contribution in [0.2, 0.25) is 0 Å². The number of imidazole rings is 1. The van der Waals surface area contributed by atoms with Crippen LogP contribution in [0, 0.1) is 0 Å². The molecular weight excluding hydrogens is 180 g/mol. The van der Waals surface area contributed by atoms with E-state index in [0.29, 0.717) is 13.1 Å². The van der Waals surface area contributed by atoms with Crippen LogP contribution in [-0.2, 0) is 13.1 Å². The van der Waals surface area contributed by atoms with Crippen molar-refractivity contribution in [3.8, 4) is 0 Å². The van der Waals surface area contributed by atoms with Gasteiger partial charge < -0.3 is 4.42 Å².